The number of benzene rings is 1. The Kier molecular flexibility index (Phi) is 5.51. The lowest BCUT2D eigenvalue weighted by Gasteiger charge is -2.24. The number of nitrogens with zero attached hydrogens (tertiary/aromatic N) is 1. The number of para-hydroxylation sites is 1. The topological polar surface area (TPSA) is 82.3 Å². The number of amides is 1. The van der Waals surface area contributed by atoms with Gasteiger partial charge >= 0.3 is 0 Å². The molecule has 1 amide bonds. The summed E-state index contributed by atoms with van der Waals surface area (Å²) in [7, 11) is -3.55. The summed E-state index contributed by atoms with van der Waals surface area (Å²) in [6.45, 7) is 3.02. The number of aryl methyl sites for hydroxylation is 1. The minimum Gasteiger partial charge on any atom is -0.356 e. The molecule has 0 radical (unpaired) electrons. The van der Waals surface area contributed by atoms with E-state index in [2.05, 4.69) is 10.3 Å². The number of anilines is 1. The number of nitrogens with one attached hydrogen (secondary N) is 2. The Morgan fingerprint density at radius 2 is 2.00 bits per heavy atom. The zero-order valence-electron chi connectivity index (χ0n) is 14.0. The molecule has 0 unspecified atom stereocenters. The van der Waals surface area contributed by atoms with E-state index in [1.807, 2.05) is 31.2 Å². The van der Waals surface area contributed by atoms with E-state index in [-0.39, 0.29) is 16.5 Å². The number of thioether (sulfide) groups is 1. The molecular formula is C17H21N3O3S2. The minimum absolute atomic E-state index is 0.133. The minimum atomic E-state index is -3.55. The van der Waals surface area contributed by atoms with Crippen LogP contribution in [0.15, 0.2) is 41.4 Å². The summed E-state index contributed by atoms with van der Waals surface area (Å²) < 4.78 is 26.8. The van der Waals surface area contributed by atoms with E-state index in [4.69, 9.17) is 0 Å². The summed E-state index contributed by atoms with van der Waals surface area (Å²) in [5.41, 5.74) is 2.00. The fraction of sp³-hybridized carbons (Fsp3) is 0.353. The van der Waals surface area contributed by atoms with Gasteiger partial charge in [-0.3, -0.25) is 4.79 Å². The number of hydrogen-bond donors (Lipinski definition) is 2. The Hall–Kier alpha value is -1.77. The molecule has 0 atom stereocenters. The molecule has 1 aliphatic rings. The third kappa shape index (κ3) is 3.91. The van der Waals surface area contributed by atoms with Gasteiger partial charge < -0.3 is 10.3 Å². The van der Waals surface area contributed by atoms with Crippen molar-refractivity contribution in [2.24, 2.45) is 0 Å². The van der Waals surface area contributed by atoms with Crippen molar-refractivity contribution in [1.82, 2.24) is 9.29 Å². The zero-order valence-corrected chi connectivity index (χ0v) is 15.6. The highest BCUT2D eigenvalue weighted by molar-refractivity contribution is 7.99. The van der Waals surface area contributed by atoms with Gasteiger partial charge in [0.2, 0.25) is 10.0 Å². The predicted molar refractivity (Wildman–Crippen MR) is 101 cm³/mol. The summed E-state index contributed by atoms with van der Waals surface area (Å²) in [5, 5.41) is 2.84. The molecule has 2 N–H and O–H groups in total. The molecule has 1 aliphatic heterocycles. The average Bonchev–Trinajstić information content (AvgIpc) is 3.14. The quantitative estimate of drug-likeness (QED) is 0.836. The smallest absolute Gasteiger partial charge is 0.272 e. The second-order valence-electron chi connectivity index (χ2n) is 5.73. The van der Waals surface area contributed by atoms with Gasteiger partial charge in [0.15, 0.2) is 0 Å². The molecule has 1 saturated heterocycles. The highest BCUT2D eigenvalue weighted by Gasteiger charge is 2.27. The van der Waals surface area contributed by atoms with E-state index >= 15 is 0 Å². The van der Waals surface area contributed by atoms with Crippen molar-refractivity contribution >= 4 is 33.4 Å². The predicted octanol–water partition coefficient (Wildman–Crippen LogP) is 2.57. The fourth-order valence-corrected chi connectivity index (χ4v) is 5.30. The number of carbonyl (C=O) groups is 1. The molecule has 0 aliphatic carbocycles. The van der Waals surface area contributed by atoms with Gasteiger partial charge in [0.05, 0.1) is 0 Å². The monoisotopic (exact) mass is 379 g/mol. The van der Waals surface area contributed by atoms with Gasteiger partial charge in [-0.1, -0.05) is 25.1 Å². The van der Waals surface area contributed by atoms with Crippen molar-refractivity contribution in [2.45, 2.75) is 18.2 Å². The Labute approximate surface area is 152 Å². The van der Waals surface area contributed by atoms with Gasteiger partial charge in [-0.15, -0.1) is 0 Å². The summed E-state index contributed by atoms with van der Waals surface area (Å²) in [5.74, 6) is 1.24. The molecule has 25 heavy (non-hydrogen) atoms. The van der Waals surface area contributed by atoms with Crippen LogP contribution in [0.25, 0.3) is 0 Å². The molecule has 0 spiro atoms. The van der Waals surface area contributed by atoms with Crippen LogP contribution in [0.3, 0.4) is 0 Å². The Bertz CT molecular complexity index is 856. The SMILES string of the molecule is CCc1ccccc1NC(=O)c1cc(S(=O)(=O)N2CCSCC2)c[nH]1. The second-order valence-corrected chi connectivity index (χ2v) is 8.89. The van der Waals surface area contributed by atoms with Crippen LogP contribution in [0, 0.1) is 0 Å². The molecule has 0 bridgehead atoms. The first kappa shape index (κ1) is 18.0. The molecule has 134 valence electrons. The number of aromatic amines is 1. The maximum atomic E-state index is 12.6. The summed E-state index contributed by atoms with van der Waals surface area (Å²) in [6.07, 6.45) is 2.19. The number of carbonyl (C=O) groups excluding carboxylic acids is 1. The van der Waals surface area contributed by atoms with Gasteiger partial charge in [-0.05, 0) is 24.1 Å². The van der Waals surface area contributed by atoms with Crippen LogP contribution < -0.4 is 5.32 Å². The molecule has 8 heteroatoms. The molecule has 6 nitrogen and oxygen atoms in total. The highest BCUT2D eigenvalue weighted by atomic mass is 32.2. The van der Waals surface area contributed by atoms with Crippen molar-refractivity contribution < 1.29 is 13.2 Å². The van der Waals surface area contributed by atoms with Crippen LogP contribution in [-0.2, 0) is 16.4 Å². The average molecular weight is 380 g/mol. The maximum Gasteiger partial charge on any atom is 0.272 e. The normalized spacial score (nSPS) is 15.9. The van der Waals surface area contributed by atoms with Crippen LogP contribution >= 0.6 is 11.8 Å². The molecular weight excluding hydrogens is 358 g/mol. The first-order valence-electron chi connectivity index (χ1n) is 8.18. The van der Waals surface area contributed by atoms with Gasteiger partial charge in [0.25, 0.3) is 5.91 Å². The lowest BCUT2D eigenvalue weighted by atomic mass is 10.1. The first-order valence-corrected chi connectivity index (χ1v) is 10.8. The number of sulfonamides is 1. The maximum absolute atomic E-state index is 12.6. The number of aromatic nitrogens is 1. The van der Waals surface area contributed by atoms with Crippen LogP contribution in [0.1, 0.15) is 23.0 Å². The molecule has 2 heterocycles. The molecule has 1 aromatic heterocycles. The van der Waals surface area contributed by atoms with Crippen molar-refractivity contribution in [3.05, 3.63) is 47.8 Å². The molecule has 1 fully saturated rings. The van der Waals surface area contributed by atoms with Crippen molar-refractivity contribution in [2.75, 3.05) is 29.9 Å². The fourth-order valence-electron chi connectivity index (χ4n) is 2.73. The number of hydrogen-bond acceptors (Lipinski definition) is 4. The van der Waals surface area contributed by atoms with Gasteiger partial charge in [-0.2, -0.15) is 16.1 Å². The van der Waals surface area contributed by atoms with Crippen molar-refractivity contribution in [1.29, 1.82) is 0 Å². The number of rotatable bonds is 5. The van der Waals surface area contributed by atoms with Crippen LogP contribution in [0.2, 0.25) is 0 Å². The lowest BCUT2D eigenvalue weighted by Crippen LogP contribution is -2.37. The van der Waals surface area contributed by atoms with Gasteiger partial charge in [0.1, 0.15) is 10.6 Å². The van der Waals surface area contributed by atoms with E-state index in [1.54, 1.807) is 11.8 Å². The third-order valence-corrected chi connectivity index (χ3v) is 6.97. The lowest BCUT2D eigenvalue weighted by molar-refractivity contribution is 0.102. The Morgan fingerprint density at radius 1 is 1.28 bits per heavy atom. The van der Waals surface area contributed by atoms with Gasteiger partial charge in [0, 0.05) is 36.5 Å². The first-order chi connectivity index (χ1) is 12.0. The van der Waals surface area contributed by atoms with E-state index < -0.39 is 10.0 Å². The molecule has 2 aromatic rings. The van der Waals surface area contributed by atoms with Gasteiger partial charge in [-0.25, -0.2) is 8.42 Å². The highest BCUT2D eigenvalue weighted by Crippen LogP contribution is 2.22. The van der Waals surface area contributed by atoms with Crippen LogP contribution in [-0.4, -0.2) is 48.2 Å². The zero-order chi connectivity index (χ0) is 17.9. The summed E-state index contributed by atoms with van der Waals surface area (Å²) >= 11 is 1.75. The van der Waals surface area contributed by atoms with E-state index in [0.717, 1.165) is 29.2 Å². The molecule has 0 saturated carbocycles. The van der Waals surface area contributed by atoms with Crippen molar-refractivity contribution in [3.8, 4) is 0 Å². The Morgan fingerprint density at radius 3 is 2.72 bits per heavy atom. The van der Waals surface area contributed by atoms with E-state index in [0.29, 0.717) is 13.1 Å². The van der Waals surface area contributed by atoms with E-state index in [9.17, 15) is 13.2 Å². The second kappa shape index (κ2) is 7.63. The Balaban J connectivity index is 1.77. The number of H-pyrrole nitrogens is 1. The largest absolute Gasteiger partial charge is 0.356 e. The summed E-state index contributed by atoms with van der Waals surface area (Å²) in [6, 6.07) is 8.97. The van der Waals surface area contributed by atoms with Crippen LogP contribution in [0.4, 0.5) is 5.69 Å². The molecule has 3 rings (SSSR count). The molecule has 1 aromatic carbocycles. The standard InChI is InChI=1S/C17H21N3O3S2/c1-2-13-5-3-4-6-15(13)19-17(21)16-11-14(12-18-16)25(22,23)20-7-9-24-10-8-20/h3-6,11-12,18H,2,7-10H2,1H3,(H,19,21). The van der Waals surface area contributed by atoms with Crippen LogP contribution in [0.5, 0.6) is 0 Å². The van der Waals surface area contributed by atoms with Crippen molar-refractivity contribution in [3.63, 3.8) is 0 Å². The van der Waals surface area contributed by atoms with E-state index in [1.165, 1.54) is 16.6 Å². The summed E-state index contributed by atoms with van der Waals surface area (Å²) in [4.78, 5) is 15.4. The third-order valence-electron chi connectivity index (χ3n) is 4.16.